The minimum absolute atomic E-state index is 0.504. The molecule has 2 aromatic rings. The summed E-state index contributed by atoms with van der Waals surface area (Å²) in [5.74, 6) is 1.29. The van der Waals surface area contributed by atoms with Crippen molar-refractivity contribution < 1.29 is 4.74 Å². The van der Waals surface area contributed by atoms with Gasteiger partial charge in [-0.3, -0.25) is 4.68 Å². The second kappa shape index (κ2) is 7.37. The molecule has 0 radical (unpaired) electrons. The highest BCUT2D eigenvalue weighted by atomic mass is 16.5. The monoisotopic (exact) mass is 275 g/mol. The van der Waals surface area contributed by atoms with Crippen molar-refractivity contribution in [2.75, 3.05) is 24.2 Å². The maximum Gasteiger partial charge on any atom is 0.239 e. The van der Waals surface area contributed by atoms with Gasteiger partial charge in [0.1, 0.15) is 5.82 Å². The number of nitrogens with one attached hydrogen (secondary N) is 1. The molecular weight excluding hydrogens is 254 g/mol. The van der Waals surface area contributed by atoms with Crippen molar-refractivity contribution in [1.82, 2.24) is 14.8 Å². The Hall–Kier alpha value is -2.24. The molecular formula is C14H21N5O. The maximum atomic E-state index is 5.82. The summed E-state index contributed by atoms with van der Waals surface area (Å²) in [5.41, 5.74) is 6.39. The number of aryl methyl sites for hydroxylation is 1. The van der Waals surface area contributed by atoms with E-state index in [-0.39, 0.29) is 0 Å². The average molecular weight is 275 g/mol. The number of aromatic nitrogens is 3. The van der Waals surface area contributed by atoms with Crippen LogP contribution in [0.5, 0.6) is 5.88 Å². The lowest BCUT2D eigenvalue weighted by Crippen LogP contribution is -2.09. The zero-order valence-corrected chi connectivity index (χ0v) is 11.7. The Bertz CT molecular complexity index is 512. The van der Waals surface area contributed by atoms with E-state index in [0.29, 0.717) is 18.2 Å². The van der Waals surface area contributed by atoms with Crippen LogP contribution < -0.4 is 15.8 Å². The van der Waals surface area contributed by atoms with Gasteiger partial charge >= 0.3 is 0 Å². The smallest absolute Gasteiger partial charge is 0.239 e. The second-order valence-electron chi connectivity index (χ2n) is 4.49. The topological polar surface area (TPSA) is 78.0 Å². The molecule has 3 N–H and O–H groups in total. The molecule has 108 valence electrons. The Balaban J connectivity index is 1.80. The molecule has 2 aromatic heterocycles. The Morgan fingerprint density at radius 3 is 3.05 bits per heavy atom. The largest absolute Gasteiger partial charge is 0.476 e. The fourth-order valence-electron chi connectivity index (χ4n) is 1.75. The molecule has 0 bridgehead atoms. The number of hydrogen-bond acceptors (Lipinski definition) is 5. The minimum atomic E-state index is 0.504. The Kier molecular flexibility index (Phi) is 5.23. The number of nitrogens with two attached hydrogens (primary N) is 1. The predicted octanol–water partition coefficient (Wildman–Crippen LogP) is 2.15. The van der Waals surface area contributed by atoms with E-state index in [1.54, 1.807) is 6.20 Å². The highest BCUT2D eigenvalue weighted by Crippen LogP contribution is 2.20. The van der Waals surface area contributed by atoms with Crippen LogP contribution in [0.15, 0.2) is 30.6 Å². The minimum Gasteiger partial charge on any atom is -0.476 e. The van der Waals surface area contributed by atoms with Crippen LogP contribution in [0.25, 0.3) is 0 Å². The molecule has 0 fully saturated rings. The predicted molar refractivity (Wildman–Crippen MR) is 79.8 cm³/mol. The van der Waals surface area contributed by atoms with Gasteiger partial charge in [-0.2, -0.15) is 10.1 Å². The number of pyridine rings is 1. The lowest BCUT2D eigenvalue weighted by molar-refractivity contribution is 0.307. The third-order valence-electron chi connectivity index (χ3n) is 2.76. The average Bonchev–Trinajstić information content (AvgIpc) is 2.97. The van der Waals surface area contributed by atoms with E-state index in [4.69, 9.17) is 10.5 Å². The van der Waals surface area contributed by atoms with Gasteiger partial charge in [0.2, 0.25) is 5.88 Å². The molecule has 0 spiro atoms. The summed E-state index contributed by atoms with van der Waals surface area (Å²) in [7, 11) is 0. The third-order valence-corrected chi connectivity index (χ3v) is 2.76. The highest BCUT2D eigenvalue weighted by molar-refractivity contribution is 5.53. The summed E-state index contributed by atoms with van der Waals surface area (Å²) >= 11 is 0. The summed E-state index contributed by atoms with van der Waals surface area (Å²) < 4.78 is 7.41. The molecule has 0 aliphatic carbocycles. The molecule has 0 saturated carbocycles. The molecule has 6 heteroatoms. The molecule has 20 heavy (non-hydrogen) atoms. The number of anilines is 2. The van der Waals surface area contributed by atoms with Gasteiger partial charge in [0, 0.05) is 25.5 Å². The van der Waals surface area contributed by atoms with Gasteiger partial charge in [-0.05, 0) is 31.0 Å². The van der Waals surface area contributed by atoms with Crippen molar-refractivity contribution in [3.63, 3.8) is 0 Å². The second-order valence-corrected chi connectivity index (χ2v) is 4.49. The summed E-state index contributed by atoms with van der Waals surface area (Å²) in [6, 6.07) is 5.60. The summed E-state index contributed by atoms with van der Waals surface area (Å²) in [6.45, 7) is 4.38. The van der Waals surface area contributed by atoms with Crippen molar-refractivity contribution >= 4 is 11.5 Å². The van der Waals surface area contributed by atoms with E-state index < -0.39 is 0 Å². The van der Waals surface area contributed by atoms with Crippen LogP contribution in [0.4, 0.5) is 11.5 Å². The quantitative estimate of drug-likeness (QED) is 0.722. The maximum absolute atomic E-state index is 5.82. The van der Waals surface area contributed by atoms with Crippen molar-refractivity contribution in [3.8, 4) is 5.88 Å². The van der Waals surface area contributed by atoms with Crippen molar-refractivity contribution in [3.05, 3.63) is 30.6 Å². The van der Waals surface area contributed by atoms with Crippen LogP contribution in [-0.2, 0) is 6.54 Å². The first-order valence-corrected chi connectivity index (χ1v) is 6.90. The van der Waals surface area contributed by atoms with E-state index in [9.17, 15) is 0 Å². The van der Waals surface area contributed by atoms with E-state index in [0.717, 1.165) is 31.7 Å². The van der Waals surface area contributed by atoms with Crippen LogP contribution in [0.2, 0.25) is 0 Å². The van der Waals surface area contributed by atoms with Gasteiger partial charge < -0.3 is 15.8 Å². The van der Waals surface area contributed by atoms with Gasteiger partial charge in [-0.25, -0.2) is 0 Å². The van der Waals surface area contributed by atoms with Crippen LogP contribution in [0.3, 0.4) is 0 Å². The molecule has 6 nitrogen and oxygen atoms in total. The Morgan fingerprint density at radius 1 is 1.40 bits per heavy atom. The van der Waals surface area contributed by atoms with E-state index >= 15 is 0 Å². The molecule has 0 amide bonds. The SMILES string of the molecule is CCCOc1nc(NCCCn2cccn2)ccc1N. The van der Waals surface area contributed by atoms with Crippen LogP contribution >= 0.6 is 0 Å². The first-order chi connectivity index (χ1) is 9.79. The van der Waals surface area contributed by atoms with Gasteiger partial charge in [0.25, 0.3) is 0 Å². The fraction of sp³-hybridized carbons (Fsp3) is 0.429. The summed E-state index contributed by atoms with van der Waals surface area (Å²) in [5, 5.41) is 7.42. The normalized spacial score (nSPS) is 10.4. The number of hydrogen-bond donors (Lipinski definition) is 2. The highest BCUT2D eigenvalue weighted by Gasteiger charge is 2.03. The van der Waals surface area contributed by atoms with Gasteiger partial charge in [-0.1, -0.05) is 6.92 Å². The molecule has 0 atom stereocenters. The molecule has 2 heterocycles. The number of nitrogen functional groups attached to an aromatic ring is 1. The van der Waals surface area contributed by atoms with Gasteiger partial charge in [0.05, 0.1) is 12.3 Å². The number of ether oxygens (including phenoxy) is 1. The van der Waals surface area contributed by atoms with Crippen molar-refractivity contribution in [1.29, 1.82) is 0 Å². The lowest BCUT2D eigenvalue weighted by Gasteiger charge is -2.10. The van der Waals surface area contributed by atoms with Crippen molar-refractivity contribution in [2.45, 2.75) is 26.3 Å². The van der Waals surface area contributed by atoms with E-state index in [1.165, 1.54) is 0 Å². The van der Waals surface area contributed by atoms with Gasteiger partial charge in [0.15, 0.2) is 0 Å². The summed E-state index contributed by atoms with van der Waals surface area (Å²) in [6.07, 6.45) is 5.64. The summed E-state index contributed by atoms with van der Waals surface area (Å²) in [4.78, 5) is 4.36. The molecule has 2 rings (SSSR count). The van der Waals surface area contributed by atoms with Crippen LogP contribution in [0.1, 0.15) is 19.8 Å². The third kappa shape index (κ3) is 4.15. The standard InChI is InChI=1S/C14H21N5O/c1-2-11-20-14-12(15)5-6-13(18-14)16-7-3-9-19-10-4-8-17-19/h4-6,8,10H,2-3,7,9,11,15H2,1H3,(H,16,18). The first-order valence-electron chi connectivity index (χ1n) is 6.90. The number of nitrogens with zero attached hydrogens (tertiary/aromatic N) is 3. The lowest BCUT2D eigenvalue weighted by atomic mass is 10.3. The van der Waals surface area contributed by atoms with E-state index in [2.05, 4.69) is 15.4 Å². The van der Waals surface area contributed by atoms with Gasteiger partial charge in [-0.15, -0.1) is 0 Å². The van der Waals surface area contributed by atoms with Crippen molar-refractivity contribution in [2.24, 2.45) is 0 Å². The fourth-order valence-corrected chi connectivity index (χ4v) is 1.75. The van der Waals surface area contributed by atoms with Crippen LogP contribution in [-0.4, -0.2) is 27.9 Å². The Morgan fingerprint density at radius 2 is 2.30 bits per heavy atom. The zero-order valence-electron chi connectivity index (χ0n) is 11.7. The van der Waals surface area contributed by atoms with E-state index in [1.807, 2.05) is 36.0 Å². The molecule has 0 aliphatic rings. The Labute approximate surface area is 119 Å². The molecule has 0 unspecified atom stereocenters. The van der Waals surface area contributed by atoms with Crippen LogP contribution in [0, 0.1) is 0 Å². The first kappa shape index (κ1) is 14.2. The molecule has 0 aliphatic heterocycles. The zero-order chi connectivity index (χ0) is 14.2. The molecule has 0 aromatic carbocycles. The number of rotatable bonds is 8. The molecule has 0 saturated heterocycles.